The molecule has 0 unspecified atom stereocenters. The number of rotatable bonds is 5. The topological polar surface area (TPSA) is 92.5 Å². The fourth-order valence-corrected chi connectivity index (χ4v) is 3.72. The molecule has 2 rings (SSSR count). The number of hydrogen-bond donors (Lipinski definition) is 2. The lowest BCUT2D eigenvalue weighted by Crippen LogP contribution is -2.37. The van der Waals surface area contributed by atoms with Crippen molar-refractivity contribution in [3.8, 4) is 0 Å². The summed E-state index contributed by atoms with van der Waals surface area (Å²) in [7, 11) is -3.37. The summed E-state index contributed by atoms with van der Waals surface area (Å²) in [6.45, 7) is 3.13. The van der Waals surface area contributed by atoms with Gasteiger partial charge in [-0.2, -0.15) is 4.31 Å². The van der Waals surface area contributed by atoms with Crippen LogP contribution in [0.5, 0.6) is 0 Å². The van der Waals surface area contributed by atoms with E-state index >= 15 is 0 Å². The van der Waals surface area contributed by atoms with Crippen LogP contribution in [0.25, 0.3) is 0 Å². The molecule has 21 heavy (non-hydrogen) atoms. The molecule has 0 aliphatic carbocycles. The highest BCUT2D eigenvalue weighted by Gasteiger charge is 2.26. The first kappa shape index (κ1) is 15.9. The highest BCUT2D eigenvalue weighted by Crippen LogP contribution is 2.20. The molecule has 1 aromatic carbocycles. The molecule has 7 heteroatoms. The maximum atomic E-state index is 12.3. The van der Waals surface area contributed by atoms with Gasteiger partial charge in [0, 0.05) is 19.6 Å². The number of amides is 1. The average Bonchev–Trinajstić information content (AvgIpc) is 3.00. The zero-order chi connectivity index (χ0) is 15.5. The fraction of sp³-hybridized carbons (Fsp3) is 0.500. The van der Waals surface area contributed by atoms with Crippen molar-refractivity contribution < 1.29 is 13.2 Å². The van der Waals surface area contributed by atoms with E-state index in [1.54, 1.807) is 31.2 Å². The van der Waals surface area contributed by atoms with Crippen LogP contribution in [0.4, 0.5) is 0 Å². The normalized spacial score (nSPS) is 17.6. The summed E-state index contributed by atoms with van der Waals surface area (Å²) in [6.07, 6.45) is 1.83. The van der Waals surface area contributed by atoms with Gasteiger partial charge in [-0.3, -0.25) is 4.79 Å². The van der Waals surface area contributed by atoms with Gasteiger partial charge >= 0.3 is 0 Å². The monoisotopic (exact) mass is 311 g/mol. The molecule has 0 spiro atoms. The van der Waals surface area contributed by atoms with Gasteiger partial charge in [0.15, 0.2) is 0 Å². The molecule has 1 aliphatic heterocycles. The predicted octanol–water partition coefficient (Wildman–Crippen LogP) is 0.435. The van der Waals surface area contributed by atoms with E-state index in [4.69, 9.17) is 5.73 Å². The molecule has 0 bridgehead atoms. The number of nitrogens with zero attached hydrogens (tertiary/aromatic N) is 1. The molecule has 3 N–H and O–H groups in total. The second kappa shape index (κ2) is 6.55. The van der Waals surface area contributed by atoms with Gasteiger partial charge in [0.25, 0.3) is 0 Å². The molecule has 1 atom stereocenters. The van der Waals surface area contributed by atoms with Crippen molar-refractivity contribution in [2.24, 2.45) is 5.73 Å². The molecule has 1 amide bonds. The highest BCUT2D eigenvalue weighted by molar-refractivity contribution is 7.89. The summed E-state index contributed by atoms with van der Waals surface area (Å²) in [5.74, 6) is -0.233. The molecule has 0 saturated carbocycles. The summed E-state index contributed by atoms with van der Waals surface area (Å²) in [5.41, 5.74) is 6.29. The van der Waals surface area contributed by atoms with Crippen molar-refractivity contribution in [1.82, 2.24) is 9.62 Å². The summed E-state index contributed by atoms with van der Waals surface area (Å²) >= 11 is 0. The zero-order valence-electron chi connectivity index (χ0n) is 12.1. The second-order valence-electron chi connectivity index (χ2n) is 5.26. The van der Waals surface area contributed by atoms with Crippen LogP contribution in [0.1, 0.15) is 25.3 Å². The molecule has 0 aromatic heterocycles. The minimum atomic E-state index is -3.37. The van der Waals surface area contributed by atoms with E-state index in [2.05, 4.69) is 5.32 Å². The predicted molar refractivity (Wildman–Crippen MR) is 79.9 cm³/mol. The lowest BCUT2D eigenvalue weighted by molar-refractivity contribution is -0.122. The van der Waals surface area contributed by atoms with Gasteiger partial charge in [-0.1, -0.05) is 12.1 Å². The summed E-state index contributed by atoms with van der Waals surface area (Å²) < 4.78 is 26.2. The van der Waals surface area contributed by atoms with E-state index in [0.29, 0.717) is 24.5 Å². The van der Waals surface area contributed by atoms with Gasteiger partial charge in [0.1, 0.15) is 0 Å². The fourth-order valence-electron chi connectivity index (χ4n) is 2.21. The molecule has 1 aromatic rings. The number of nitrogens with two attached hydrogens (primary N) is 1. The Morgan fingerprint density at radius 1 is 1.29 bits per heavy atom. The number of sulfonamides is 1. The number of carbonyl (C=O) groups excluding carboxylic acids is 1. The van der Waals surface area contributed by atoms with Crippen molar-refractivity contribution in [2.45, 2.75) is 37.2 Å². The lowest BCUT2D eigenvalue weighted by atomic mass is 10.2. The van der Waals surface area contributed by atoms with E-state index in [-0.39, 0.29) is 5.91 Å². The molecule has 6 nitrogen and oxygen atoms in total. The van der Waals surface area contributed by atoms with Gasteiger partial charge in [0.05, 0.1) is 10.9 Å². The van der Waals surface area contributed by atoms with Gasteiger partial charge in [-0.15, -0.1) is 0 Å². The first-order chi connectivity index (χ1) is 9.91. The van der Waals surface area contributed by atoms with Crippen LogP contribution in [0.15, 0.2) is 29.2 Å². The van der Waals surface area contributed by atoms with Gasteiger partial charge in [-0.25, -0.2) is 8.42 Å². The minimum Gasteiger partial charge on any atom is -0.351 e. The first-order valence-electron chi connectivity index (χ1n) is 7.03. The first-order valence-corrected chi connectivity index (χ1v) is 8.47. The Morgan fingerprint density at radius 3 is 2.38 bits per heavy atom. The van der Waals surface area contributed by atoms with E-state index < -0.39 is 16.1 Å². The molecule has 1 fully saturated rings. The van der Waals surface area contributed by atoms with E-state index in [9.17, 15) is 13.2 Å². The standard InChI is InChI=1S/C14H21N3O3S/c1-11(15)14(18)16-10-12-4-6-13(7-5-12)21(19,20)17-8-2-3-9-17/h4-7,11H,2-3,8-10,15H2,1H3,(H,16,18)/t11-/m0/s1. The third-order valence-electron chi connectivity index (χ3n) is 3.51. The summed E-state index contributed by atoms with van der Waals surface area (Å²) in [6, 6.07) is 6.04. The van der Waals surface area contributed by atoms with Gasteiger partial charge < -0.3 is 11.1 Å². The summed E-state index contributed by atoms with van der Waals surface area (Å²) in [5, 5.41) is 2.69. The molecular formula is C14H21N3O3S. The van der Waals surface area contributed by atoms with Crippen LogP contribution < -0.4 is 11.1 Å². The molecule has 116 valence electrons. The van der Waals surface area contributed by atoms with E-state index in [1.807, 2.05) is 0 Å². The Morgan fingerprint density at radius 2 is 1.86 bits per heavy atom. The lowest BCUT2D eigenvalue weighted by Gasteiger charge is -2.15. The maximum Gasteiger partial charge on any atom is 0.243 e. The zero-order valence-corrected chi connectivity index (χ0v) is 12.9. The van der Waals surface area contributed by atoms with Crippen LogP contribution in [0, 0.1) is 0 Å². The number of nitrogens with one attached hydrogen (secondary N) is 1. The number of carbonyl (C=O) groups is 1. The van der Waals surface area contributed by atoms with Gasteiger partial charge in [-0.05, 0) is 37.5 Å². The van der Waals surface area contributed by atoms with Gasteiger partial charge in [0.2, 0.25) is 15.9 Å². The molecule has 0 radical (unpaired) electrons. The molecule has 1 saturated heterocycles. The van der Waals surface area contributed by atoms with Crippen LogP contribution >= 0.6 is 0 Å². The molecule has 1 heterocycles. The third-order valence-corrected chi connectivity index (χ3v) is 5.42. The molecule has 1 aliphatic rings. The van der Waals surface area contributed by atoms with Crippen LogP contribution in [-0.2, 0) is 21.4 Å². The average molecular weight is 311 g/mol. The molecular weight excluding hydrogens is 290 g/mol. The number of hydrogen-bond acceptors (Lipinski definition) is 4. The minimum absolute atomic E-state index is 0.233. The number of benzene rings is 1. The van der Waals surface area contributed by atoms with Crippen molar-refractivity contribution in [1.29, 1.82) is 0 Å². The Kier molecular flexibility index (Phi) is 4.97. The quantitative estimate of drug-likeness (QED) is 0.825. The highest BCUT2D eigenvalue weighted by atomic mass is 32.2. The smallest absolute Gasteiger partial charge is 0.243 e. The second-order valence-corrected chi connectivity index (χ2v) is 7.20. The third kappa shape index (κ3) is 3.81. The Balaban J connectivity index is 2.03. The van der Waals surface area contributed by atoms with Crippen LogP contribution in [0.3, 0.4) is 0 Å². The van der Waals surface area contributed by atoms with Crippen molar-refractivity contribution in [2.75, 3.05) is 13.1 Å². The van der Waals surface area contributed by atoms with Crippen LogP contribution in [-0.4, -0.2) is 37.8 Å². The van der Waals surface area contributed by atoms with E-state index in [1.165, 1.54) is 4.31 Å². The van der Waals surface area contributed by atoms with E-state index in [0.717, 1.165) is 18.4 Å². The Hall–Kier alpha value is -1.44. The largest absolute Gasteiger partial charge is 0.351 e. The summed E-state index contributed by atoms with van der Waals surface area (Å²) in [4.78, 5) is 11.7. The van der Waals surface area contributed by atoms with Crippen molar-refractivity contribution in [3.63, 3.8) is 0 Å². The SMILES string of the molecule is C[C@H](N)C(=O)NCc1ccc(S(=O)(=O)N2CCCC2)cc1. The van der Waals surface area contributed by atoms with Crippen LogP contribution in [0.2, 0.25) is 0 Å². The van der Waals surface area contributed by atoms with Crippen molar-refractivity contribution >= 4 is 15.9 Å². The maximum absolute atomic E-state index is 12.3. The van der Waals surface area contributed by atoms with Crippen molar-refractivity contribution in [3.05, 3.63) is 29.8 Å². The Labute approximate surface area is 125 Å². The Bertz CT molecular complexity index is 590.